The van der Waals surface area contributed by atoms with E-state index in [1.165, 1.54) is 14.2 Å². The Kier molecular flexibility index (Phi) is 5.12. The summed E-state index contributed by atoms with van der Waals surface area (Å²) >= 11 is 0. The lowest BCUT2D eigenvalue weighted by atomic mass is 10.00. The molecule has 120 valence electrons. The normalized spacial score (nSPS) is 11.8. The van der Waals surface area contributed by atoms with Crippen LogP contribution in [0.25, 0.3) is 10.8 Å². The summed E-state index contributed by atoms with van der Waals surface area (Å²) in [6.45, 7) is 3.97. The van der Waals surface area contributed by atoms with Crippen LogP contribution in [-0.2, 0) is 26.5 Å². The average Bonchev–Trinajstić information content (AvgIpc) is 2.56. The first-order valence-corrected chi connectivity index (χ1v) is 8.62. The van der Waals surface area contributed by atoms with Crippen LogP contribution >= 0.6 is 7.82 Å². The second kappa shape index (κ2) is 6.69. The first-order valence-electron chi connectivity index (χ1n) is 7.16. The van der Waals surface area contributed by atoms with E-state index in [9.17, 15) is 9.67 Å². The van der Waals surface area contributed by atoms with Crippen molar-refractivity contribution in [3.8, 4) is 11.5 Å². The molecular weight excluding hydrogens is 303 g/mol. The Balaban J connectivity index is 2.70. The van der Waals surface area contributed by atoms with E-state index in [0.717, 1.165) is 17.5 Å². The minimum Gasteiger partial charge on any atom is -0.507 e. The van der Waals surface area contributed by atoms with Gasteiger partial charge in [0.15, 0.2) is 0 Å². The number of phenols is 1. The molecule has 0 aliphatic rings. The van der Waals surface area contributed by atoms with Gasteiger partial charge in [0.2, 0.25) is 0 Å². The summed E-state index contributed by atoms with van der Waals surface area (Å²) in [6.07, 6.45) is 1.47. The highest BCUT2D eigenvalue weighted by Crippen LogP contribution is 2.51. The van der Waals surface area contributed by atoms with Gasteiger partial charge in [-0.15, -0.1) is 0 Å². The molecule has 0 saturated carbocycles. The Morgan fingerprint density at radius 2 is 1.73 bits per heavy atom. The van der Waals surface area contributed by atoms with Crippen LogP contribution in [0.3, 0.4) is 0 Å². The molecule has 0 fully saturated rings. The van der Waals surface area contributed by atoms with Gasteiger partial charge >= 0.3 is 7.82 Å². The molecule has 2 rings (SSSR count). The van der Waals surface area contributed by atoms with Gasteiger partial charge in [-0.25, -0.2) is 4.57 Å². The first kappa shape index (κ1) is 16.8. The van der Waals surface area contributed by atoms with E-state index in [1.54, 1.807) is 6.07 Å². The standard InChI is InChI=1S/C16H21O5P/c1-5-11-7-8-13-14(9-11)15(17)10-12(6-2)16(13)21-22(18,19-3)20-4/h7-10,17H,5-6H2,1-4H3. The highest BCUT2D eigenvalue weighted by molar-refractivity contribution is 7.48. The van der Waals surface area contributed by atoms with Crippen molar-refractivity contribution in [1.29, 1.82) is 0 Å². The maximum absolute atomic E-state index is 12.3. The average molecular weight is 324 g/mol. The number of rotatable bonds is 6. The minimum absolute atomic E-state index is 0.180. The fraction of sp³-hybridized carbons (Fsp3) is 0.375. The highest BCUT2D eigenvalue weighted by atomic mass is 31.2. The lowest BCUT2D eigenvalue weighted by molar-refractivity contribution is 0.211. The molecule has 1 N–H and O–H groups in total. The predicted octanol–water partition coefficient (Wildman–Crippen LogP) is 4.45. The van der Waals surface area contributed by atoms with Gasteiger partial charge in [-0.3, -0.25) is 9.05 Å². The van der Waals surface area contributed by atoms with Gasteiger partial charge in [0, 0.05) is 25.0 Å². The largest absolute Gasteiger partial charge is 0.529 e. The molecule has 5 nitrogen and oxygen atoms in total. The van der Waals surface area contributed by atoms with E-state index in [4.69, 9.17) is 13.6 Å². The van der Waals surface area contributed by atoms with Crippen molar-refractivity contribution >= 4 is 18.6 Å². The topological polar surface area (TPSA) is 65.0 Å². The Morgan fingerprint density at radius 1 is 1.05 bits per heavy atom. The molecule has 0 unspecified atom stereocenters. The lowest BCUT2D eigenvalue weighted by Crippen LogP contribution is -2.01. The Bertz CT molecular complexity index is 718. The van der Waals surface area contributed by atoms with Crippen LogP contribution in [0.5, 0.6) is 11.5 Å². The van der Waals surface area contributed by atoms with Gasteiger partial charge in [-0.2, -0.15) is 0 Å². The number of aryl methyl sites for hydroxylation is 2. The number of benzene rings is 2. The van der Waals surface area contributed by atoms with Crippen molar-refractivity contribution in [2.45, 2.75) is 26.7 Å². The zero-order chi connectivity index (χ0) is 16.3. The van der Waals surface area contributed by atoms with Gasteiger partial charge in [-0.05, 0) is 36.1 Å². The molecule has 0 heterocycles. The van der Waals surface area contributed by atoms with E-state index in [1.807, 2.05) is 32.0 Å². The molecular formula is C16H21O5P. The maximum atomic E-state index is 12.3. The van der Waals surface area contributed by atoms with Gasteiger partial charge in [0.1, 0.15) is 11.5 Å². The predicted molar refractivity (Wildman–Crippen MR) is 86.6 cm³/mol. The van der Waals surface area contributed by atoms with Crippen molar-refractivity contribution < 1.29 is 23.2 Å². The Labute approximate surface area is 130 Å². The van der Waals surface area contributed by atoms with E-state index in [0.29, 0.717) is 22.9 Å². The monoisotopic (exact) mass is 324 g/mol. The summed E-state index contributed by atoms with van der Waals surface area (Å²) < 4.78 is 27.6. The SMILES string of the molecule is CCc1ccc2c(OP(=O)(OC)OC)c(CC)cc(O)c2c1. The third-order valence-electron chi connectivity index (χ3n) is 3.65. The molecule has 0 atom stereocenters. The van der Waals surface area contributed by atoms with E-state index >= 15 is 0 Å². The molecule has 2 aromatic rings. The maximum Gasteiger partial charge on any atom is 0.529 e. The van der Waals surface area contributed by atoms with Crippen LogP contribution in [-0.4, -0.2) is 19.3 Å². The third kappa shape index (κ3) is 3.12. The van der Waals surface area contributed by atoms with Gasteiger partial charge in [-0.1, -0.05) is 26.0 Å². The molecule has 0 bridgehead atoms. The molecule has 0 spiro atoms. The molecule has 0 saturated heterocycles. The van der Waals surface area contributed by atoms with Gasteiger partial charge in [0.05, 0.1) is 0 Å². The first-order chi connectivity index (χ1) is 10.5. The summed E-state index contributed by atoms with van der Waals surface area (Å²) in [5, 5.41) is 11.6. The molecule has 22 heavy (non-hydrogen) atoms. The lowest BCUT2D eigenvalue weighted by Gasteiger charge is -2.19. The summed E-state index contributed by atoms with van der Waals surface area (Å²) in [4.78, 5) is 0. The number of phosphoric ester groups is 1. The smallest absolute Gasteiger partial charge is 0.507 e. The number of hydrogen-bond acceptors (Lipinski definition) is 5. The highest BCUT2D eigenvalue weighted by Gasteiger charge is 2.27. The Morgan fingerprint density at radius 3 is 2.27 bits per heavy atom. The van der Waals surface area contributed by atoms with E-state index in [-0.39, 0.29) is 5.75 Å². The number of aromatic hydroxyl groups is 1. The number of phosphoric acid groups is 1. The molecule has 6 heteroatoms. The summed E-state index contributed by atoms with van der Waals surface area (Å²) in [5.74, 6) is 0.601. The van der Waals surface area contributed by atoms with Crippen LogP contribution in [0.1, 0.15) is 25.0 Å². The van der Waals surface area contributed by atoms with Crippen LogP contribution < -0.4 is 4.52 Å². The quantitative estimate of drug-likeness (QED) is 0.795. The fourth-order valence-electron chi connectivity index (χ4n) is 2.33. The van der Waals surface area contributed by atoms with E-state index in [2.05, 4.69) is 0 Å². The molecule has 0 aliphatic carbocycles. The van der Waals surface area contributed by atoms with Crippen molar-refractivity contribution in [3.05, 3.63) is 35.4 Å². The molecule has 0 aliphatic heterocycles. The summed E-state index contributed by atoms with van der Waals surface area (Å²) in [6, 6.07) is 7.35. The van der Waals surface area contributed by atoms with Crippen LogP contribution in [0, 0.1) is 0 Å². The number of phenolic OH excluding ortho intramolecular Hbond substituents is 1. The third-order valence-corrected chi connectivity index (χ3v) is 4.95. The zero-order valence-electron chi connectivity index (χ0n) is 13.3. The Hall–Kier alpha value is -1.55. The van der Waals surface area contributed by atoms with Crippen molar-refractivity contribution in [3.63, 3.8) is 0 Å². The number of fused-ring (bicyclic) bond motifs is 1. The zero-order valence-corrected chi connectivity index (χ0v) is 14.1. The van der Waals surface area contributed by atoms with Crippen molar-refractivity contribution in [2.75, 3.05) is 14.2 Å². The molecule has 0 amide bonds. The van der Waals surface area contributed by atoms with Gasteiger partial charge in [0.25, 0.3) is 0 Å². The van der Waals surface area contributed by atoms with Crippen molar-refractivity contribution in [2.24, 2.45) is 0 Å². The van der Waals surface area contributed by atoms with Gasteiger partial charge < -0.3 is 9.63 Å². The molecule has 2 aromatic carbocycles. The van der Waals surface area contributed by atoms with Crippen molar-refractivity contribution in [1.82, 2.24) is 0 Å². The van der Waals surface area contributed by atoms with E-state index < -0.39 is 7.82 Å². The second-order valence-corrected chi connectivity index (χ2v) is 6.68. The number of hydrogen-bond donors (Lipinski definition) is 1. The molecule has 0 radical (unpaired) electrons. The summed E-state index contributed by atoms with van der Waals surface area (Å²) in [5.41, 5.74) is 1.84. The van der Waals surface area contributed by atoms with Crippen LogP contribution in [0.15, 0.2) is 24.3 Å². The van der Waals surface area contributed by atoms with Crippen LogP contribution in [0.4, 0.5) is 0 Å². The fourth-order valence-corrected chi connectivity index (χ4v) is 3.07. The van der Waals surface area contributed by atoms with Crippen LogP contribution in [0.2, 0.25) is 0 Å². The minimum atomic E-state index is -3.66. The molecule has 0 aromatic heterocycles. The summed E-state index contributed by atoms with van der Waals surface area (Å²) in [7, 11) is -1.12. The second-order valence-electron chi connectivity index (χ2n) is 4.87.